The van der Waals surface area contributed by atoms with E-state index in [0.29, 0.717) is 32.8 Å². The van der Waals surface area contributed by atoms with Gasteiger partial charge in [0.25, 0.3) is 0 Å². The molecule has 27 heavy (non-hydrogen) atoms. The van der Waals surface area contributed by atoms with Crippen LogP contribution in [0.5, 0.6) is 0 Å². The molecule has 0 aliphatic carbocycles. The van der Waals surface area contributed by atoms with Crippen molar-refractivity contribution in [3.8, 4) is 0 Å². The topological polar surface area (TPSA) is 69.7 Å². The van der Waals surface area contributed by atoms with Crippen LogP contribution in [0.2, 0.25) is 0 Å². The lowest BCUT2D eigenvalue weighted by molar-refractivity contribution is -0.279. The predicted molar refractivity (Wildman–Crippen MR) is 106 cm³/mol. The van der Waals surface area contributed by atoms with E-state index in [1.54, 1.807) is 0 Å². The molecule has 2 heterocycles. The summed E-state index contributed by atoms with van der Waals surface area (Å²) in [5, 5.41) is 3.57. The molecule has 1 fully saturated rings. The fourth-order valence-corrected chi connectivity index (χ4v) is 3.09. The Hall–Kier alpha value is -1.50. The third-order valence-corrected chi connectivity index (χ3v) is 5.06. The van der Waals surface area contributed by atoms with Gasteiger partial charge in [0.2, 0.25) is 0 Å². The first-order chi connectivity index (χ1) is 12.6. The number of carbonyl (C=O) groups is 1. The molecule has 0 atom stereocenters. The largest absolute Gasteiger partial charge is 0.384 e. The molecule has 1 N–H and O–H groups in total. The van der Waals surface area contributed by atoms with E-state index in [-0.39, 0.29) is 17.8 Å². The summed E-state index contributed by atoms with van der Waals surface area (Å²) < 4.78 is 17.0. The number of rotatable bonds is 8. The van der Waals surface area contributed by atoms with Crippen LogP contribution in [-0.4, -0.2) is 49.5 Å². The quantitative estimate of drug-likeness (QED) is 0.748. The Labute approximate surface area is 163 Å². The smallest absolute Gasteiger partial charge is 0.162 e. The Kier molecular flexibility index (Phi) is 7.00. The molecule has 1 aliphatic rings. The lowest BCUT2D eigenvalue weighted by Gasteiger charge is -2.41. The molecule has 0 amide bonds. The number of pyridine rings is 1. The van der Waals surface area contributed by atoms with Crippen LogP contribution < -0.4 is 5.32 Å². The summed E-state index contributed by atoms with van der Waals surface area (Å²) in [5.74, 6) is -0.471. The van der Waals surface area contributed by atoms with Crippen molar-refractivity contribution in [1.82, 2.24) is 4.98 Å². The van der Waals surface area contributed by atoms with E-state index >= 15 is 0 Å². The first-order valence-electron chi connectivity index (χ1n) is 9.65. The fourth-order valence-electron chi connectivity index (χ4n) is 3.09. The highest BCUT2D eigenvalue weighted by Crippen LogP contribution is 2.32. The van der Waals surface area contributed by atoms with Crippen molar-refractivity contribution in [3.05, 3.63) is 22.5 Å². The van der Waals surface area contributed by atoms with Crippen LogP contribution in [0.4, 0.5) is 5.69 Å². The van der Waals surface area contributed by atoms with Gasteiger partial charge in [-0.3, -0.25) is 9.78 Å². The van der Waals surface area contributed by atoms with E-state index in [4.69, 9.17) is 14.2 Å². The number of aryl methyl sites for hydroxylation is 2. The van der Waals surface area contributed by atoms with Crippen LogP contribution in [0.15, 0.2) is 0 Å². The van der Waals surface area contributed by atoms with Gasteiger partial charge in [0.05, 0.1) is 13.2 Å². The second-order valence-corrected chi connectivity index (χ2v) is 8.26. The van der Waals surface area contributed by atoms with Crippen molar-refractivity contribution in [2.24, 2.45) is 5.41 Å². The van der Waals surface area contributed by atoms with Gasteiger partial charge >= 0.3 is 0 Å². The summed E-state index contributed by atoms with van der Waals surface area (Å²) in [6.07, 6.45) is 0.318. The van der Waals surface area contributed by atoms with Gasteiger partial charge in [0, 0.05) is 47.6 Å². The normalized spacial score (nSPS) is 18.3. The minimum Gasteiger partial charge on any atom is -0.384 e. The maximum atomic E-state index is 12.3. The average Bonchev–Trinajstić information content (AvgIpc) is 2.60. The van der Waals surface area contributed by atoms with E-state index in [0.717, 1.165) is 28.2 Å². The Morgan fingerprint density at radius 2 is 1.78 bits per heavy atom. The van der Waals surface area contributed by atoms with Crippen LogP contribution in [-0.2, 0) is 25.4 Å². The minimum atomic E-state index is -0.532. The maximum absolute atomic E-state index is 12.3. The number of ketones is 1. The first kappa shape index (κ1) is 21.8. The number of anilines is 1. The Bertz CT molecular complexity index is 675. The molecule has 6 heteroatoms. The van der Waals surface area contributed by atoms with Gasteiger partial charge in [-0.05, 0) is 47.1 Å². The molecule has 1 aromatic rings. The molecule has 1 saturated heterocycles. The SMILES string of the molecule is CCOCC(=O)Cc1c(C)nc(C)c(C)c1NCC1(C)COC(C)(C)OC1. The minimum absolute atomic E-state index is 0.0605. The lowest BCUT2D eigenvalue weighted by atomic mass is 9.90. The lowest BCUT2D eigenvalue weighted by Crippen LogP contribution is -2.48. The zero-order valence-electron chi connectivity index (χ0n) is 17.8. The number of carbonyl (C=O) groups excluding carboxylic acids is 1. The second-order valence-electron chi connectivity index (χ2n) is 8.26. The maximum Gasteiger partial charge on any atom is 0.162 e. The highest BCUT2D eigenvalue weighted by atomic mass is 16.7. The van der Waals surface area contributed by atoms with E-state index in [1.807, 2.05) is 41.5 Å². The van der Waals surface area contributed by atoms with Gasteiger partial charge < -0.3 is 19.5 Å². The number of nitrogens with one attached hydrogen (secondary N) is 1. The third kappa shape index (κ3) is 5.74. The van der Waals surface area contributed by atoms with Gasteiger partial charge in [-0.15, -0.1) is 0 Å². The molecule has 0 spiro atoms. The van der Waals surface area contributed by atoms with Crippen LogP contribution >= 0.6 is 0 Å². The van der Waals surface area contributed by atoms with Crippen molar-refractivity contribution in [2.75, 3.05) is 38.3 Å². The summed E-state index contributed by atoms with van der Waals surface area (Å²) in [7, 11) is 0. The van der Waals surface area contributed by atoms with Crippen molar-refractivity contribution in [1.29, 1.82) is 0 Å². The molecular formula is C21H34N2O4. The molecule has 0 aromatic carbocycles. The number of aromatic nitrogens is 1. The third-order valence-electron chi connectivity index (χ3n) is 5.06. The Morgan fingerprint density at radius 1 is 1.15 bits per heavy atom. The van der Waals surface area contributed by atoms with Crippen LogP contribution in [0.25, 0.3) is 0 Å². The molecule has 1 aromatic heterocycles. The monoisotopic (exact) mass is 378 g/mol. The van der Waals surface area contributed by atoms with Crippen molar-refractivity contribution < 1.29 is 19.0 Å². The fraction of sp³-hybridized carbons (Fsp3) is 0.714. The number of Topliss-reactive ketones (excluding diaryl/α,β-unsaturated/α-hetero) is 1. The standard InChI is InChI=1S/C21H34N2O4/c1-8-25-10-17(24)9-18-16(4)23-15(3)14(2)19(18)22-11-21(7)12-26-20(5,6)27-13-21/h8-13H2,1-7H3,(H,22,23). The van der Waals surface area contributed by atoms with Crippen molar-refractivity contribution in [3.63, 3.8) is 0 Å². The van der Waals surface area contributed by atoms with Gasteiger partial charge in [-0.2, -0.15) is 0 Å². The number of ether oxygens (including phenoxy) is 3. The average molecular weight is 379 g/mol. The number of nitrogens with zero attached hydrogens (tertiary/aromatic N) is 1. The highest BCUT2D eigenvalue weighted by molar-refractivity contribution is 5.84. The summed E-state index contributed by atoms with van der Waals surface area (Å²) in [4.78, 5) is 16.9. The van der Waals surface area contributed by atoms with E-state index in [1.165, 1.54) is 0 Å². The van der Waals surface area contributed by atoms with Gasteiger partial charge in [0.1, 0.15) is 6.61 Å². The first-order valence-corrected chi connectivity index (χ1v) is 9.65. The summed E-state index contributed by atoms with van der Waals surface area (Å²) in [6, 6.07) is 0. The zero-order valence-corrected chi connectivity index (χ0v) is 17.8. The van der Waals surface area contributed by atoms with E-state index < -0.39 is 5.79 Å². The molecule has 0 saturated carbocycles. The van der Waals surface area contributed by atoms with Crippen LogP contribution in [0, 0.1) is 26.2 Å². The predicted octanol–water partition coefficient (Wildman–Crippen LogP) is 3.36. The molecule has 6 nitrogen and oxygen atoms in total. The molecule has 0 unspecified atom stereocenters. The molecule has 152 valence electrons. The Balaban J connectivity index is 2.18. The number of hydrogen-bond acceptors (Lipinski definition) is 6. The van der Waals surface area contributed by atoms with E-state index in [2.05, 4.69) is 17.2 Å². The molecule has 0 bridgehead atoms. The van der Waals surface area contributed by atoms with Gasteiger partial charge in [-0.25, -0.2) is 0 Å². The molecule has 2 rings (SSSR count). The molecule has 0 radical (unpaired) electrons. The van der Waals surface area contributed by atoms with Crippen LogP contribution in [0.3, 0.4) is 0 Å². The number of hydrogen-bond donors (Lipinski definition) is 1. The van der Waals surface area contributed by atoms with E-state index in [9.17, 15) is 4.79 Å². The van der Waals surface area contributed by atoms with Crippen molar-refractivity contribution >= 4 is 11.5 Å². The summed E-state index contributed by atoms with van der Waals surface area (Å²) in [6.45, 7) is 16.5. The Morgan fingerprint density at radius 3 is 2.37 bits per heavy atom. The zero-order chi connectivity index (χ0) is 20.2. The second kappa shape index (κ2) is 8.67. The van der Waals surface area contributed by atoms with Crippen LogP contribution in [0.1, 0.15) is 50.2 Å². The highest BCUT2D eigenvalue weighted by Gasteiger charge is 2.36. The summed E-state index contributed by atoms with van der Waals surface area (Å²) >= 11 is 0. The van der Waals surface area contributed by atoms with Gasteiger partial charge in [0.15, 0.2) is 11.6 Å². The van der Waals surface area contributed by atoms with Crippen molar-refractivity contribution in [2.45, 2.75) is 60.7 Å². The van der Waals surface area contributed by atoms with Gasteiger partial charge in [-0.1, -0.05) is 6.92 Å². The molecule has 1 aliphatic heterocycles. The molecular weight excluding hydrogens is 344 g/mol. The summed E-state index contributed by atoms with van der Waals surface area (Å²) in [5.41, 5.74) is 4.73.